The van der Waals surface area contributed by atoms with Crippen LogP contribution in [0.1, 0.15) is 11.1 Å². The molecule has 0 spiro atoms. The Hall–Kier alpha value is -2.39. The Balaban J connectivity index is 2.34. The number of benzene rings is 2. The van der Waals surface area contributed by atoms with Crippen LogP contribution in [0.25, 0.3) is 0 Å². The zero-order valence-corrected chi connectivity index (χ0v) is 11.4. The molecule has 1 N–H and O–H groups in total. The van der Waals surface area contributed by atoms with Crippen LogP contribution in [-0.2, 0) is 10.0 Å². The molecule has 0 saturated carbocycles. The van der Waals surface area contributed by atoms with Crippen LogP contribution in [0.4, 0.5) is 10.1 Å². The molecule has 0 atom stereocenters. The third kappa shape index (κ3) is 2.95. The van der Waals surface area contributed by atoms with E-state index in [0.29, 0.717) is 0 Å². The minimum atomic E-state index is -3.75. The molecule has 2 aromatic carbocycles. The fraction of sp³-hybridized carbons (Fsp3) is 0.0714. The van der Waals surface area contributed by atoms with Gasteiger partial charge in [-0.1, -0.05) is 17.7 Å². The van der Waals surface area contributed by atoms with Crippen LogP contribution >= 0.6 is 0 Å². The van der Waals surface area contributed by atoms with Gasteiger partial charge in [0, 0.05) is 0 Å². The Morgan fingerprint density at radius 3 is 2.40 bits per heavy atom. The van der Waals surface area contributed by atoms with Crippen molar-refractivity contribution in [2.24, 2.45) is 0 Å². The summed E-state index contributed by atoms with van der Waals surface area (Å²) < 4.78 is 39.7. The van der Waals surface area contributed by atoms with Crippen molar-refractivity contribution in [2.45, 2.75) is 11.8 Å². The standard InChI is InChI=1S/C14H11FN2O2S/c1-10-2-5-13(6-3-10)20(18,19)17-12-4-7-14(15)11(8-12)9-16/h2-8,17H,1H3. The first kappa shape index (κ1) is 14.0. The first-order valence-corrected chi connectivity index (χ1v) is 7.20. The SMILES string of the molecule is Cc1ccc(S(=O)(=O)Nc2ccc(F)c(C#N)c2)cc1. The normalized spacial score (nSPS) is 10.8. The number of halogens is 1. The van der Waals surface area contributed by atoms with Crippen molar-refractivity contribution in [3.63, 3.8) is 0 Å². The van der Waals surface area contributed by atoms with Gasteiger partial charge in [0.15, 0.2) is 0 Å². The minimum absolute atomic E-state index is 0.103. The summed E-state index contributed by atoms with van der Waals surface area (Å²) >= 11 is 0. The van der Waals surface area contributed by atoms with E-state index in [1.54, 1.807) is 18.2 Å². The van der Waals surface area contributed by atoms with Crippen molar-refractivity contribution < 1.29 is 12.8 Å². The molecule has 0 bridgehead atoms. The summed E-state index contributed by atoms with van der Waals surface area (Å²) in [5.74, 6) is -0.689. The second kappa shape index (κ2) is 5.31. The van der Waals surface area contributed by atoms with E-state index in [9.17, 15) is 12.8 Å². The van der Waals surface area contributed by atoms with Crippen molar-refractivity contribution in [1.82, 2.24) is 0 Å². The molecular formula is C14H11FN2O2S. The Bertz CT molecular complexity index is 778. The lowest BCUT2D eigenvalue weighted by Gasteiger charge is -2.08. The number of sulfonamides is 1. The van der Waals surface area contributed by atoms with E-state index in [1.807, 2.05) is 6.92 Å². The summed E-state index contributed by atoms with van der Waals surface area (Å²) in [4.78, 5) is 0.103. The van der Waals surface area contributed by atoms with Gasteiger partial charge in [0.2, 0.25) is 0 Å². The highest BCUT2D eigenvalue weighted by Crippen LogP contribution is 2.19. The van der Waals surface area contributed by atoms with Gasteiger partial charge in [-0.3, -0.25) is 4.72 Å². The van der Waals surface area contributed by atoms with Gasteiger partial charge >= 0.3 is 0 Å². The molecule has 0 aliphatic rings. The highest BCUT2D eigenvalue weighted by molar-refractivity contribution is 7.92. The largest absolute Gasteiger partial charge is 0.280 e. The number of nitrogens with one attached hydrogen (secondary N) is 1. The molecule has 0 aromatic heterocycles. The highest BCUT2D eigenvalue weighted by Gasteiger charge is 2.14. The summed E-state index contributed by atoms with van der Waals surface area (Å²) in [5.41, 5.74) is 0.870. The first-order chi connectivity index (χ1) is 9.42. The lowest BCUT2D eigenvalue weighted by Crippen LogP contribution is -2.13. The van der Waals surface area contributed by atoms with Crippen molar-refractivity contribution in [2.75, 3.05) is 4.72 Å². The van der Waals surface area contributed by atoms with Gasteiger partial charge in [0.1, 0.15) is 11.9 Å². The van der Waals surface area contributed by atoms with Crippen molar-refractivity contribution in [1.29, 1.82) is 5.26 Å². The van der Waals surface area contributed by atoms with Gasteiger partial charge in [-0.25, -0.2) is 12.8 Å². The average molecular weight is 290 g/mol. The Kier molecular flexibility index (Phi) is 3.72. The zero-order valence-electron chi connectivity index (χ0n) is 10.6. The Morgan fingerprint density at radius 1 is 1.15 bits per heavy atom. The number of hydrogen-bond acceptors (Lipinski definition) is 3. The molecule has 0 radical (unpaired) electrons. The van der Waals surface area contributed by atoms with Crippen LogP contribution < -0.4 is 4.72 Å². The summed E-state index contributed by atoms with van der Waals surface area (Å²) in [6.45, 7) is 1.85. The summed E-state index contributed by atoms with van der Waals surface area (Å²) in [7, 11) is -3.75. The number of anilines is 1. The molecule has 0 aliphatic carbocycles. The minimum Gasteiger partial charge on any atom is -0.280 e. The second-order valence-electron chi connectivity index (χ2n) is 4.22. The van der Waals surface area contributed by atoms with E-state index in [4.69, 9.17) is 5.26 Å². The number of nitrogens with zero attached hydrogens (tertiary/aromatic N) is 1. The van der Waals surface area contributed by atoms with Gasteiger partial charge in [0.25, 0.3) is 10.0 Å². The third-order valence-corrected chi connectivity index (χ3v) is 4.07. The fourth-order valence-corrected chi connectivity index (χ4v) is 2.66. The number of hydrogen-bond donors (Lipinski definition) is 1. The number of aryl methyl sites for hydroxylation is 1. The molecule has 102 valence electrons. The molecular weight excluding hydrogens is 279 g/mol. The molecule has 0 saturated heterocycles. The average Bonchev–Trinajstić information content (AvgIpc) is 2.41. The van der Waals surface area contributed by atoms with E-state index < -0.39 is 15.8 Å². The van der Waals surface area contributed by atoms with Crippen LogP contribution in [0.5, 0.6) is 0 Å². The Labute approximate surface area is 116 Å². The van der Waals surface area contributed by atoms with E-state index >= 15 is 0 Å². The van der Waals surface area contributed by atoms with Gasteiger partial charge in [-0.15, -0.1) is 0 Å². The van der Waals surface area contributed by atoms with Gasteiger partial charge in [0.05, 0.1) is 16.1 Å². The topological polar surface area (TPSA) is 70.0 Å². The number of nitriles is 1. The molecule has 4 nitrogen and oxygen atoms in total. The van der Waals surface area contributed by atoms with E-state index in [0.717, 1.165) is 17.7 Å². The van der Waals surface area contributed by atoms with Gasteiger partial charge in [-0.2, -0.15) is 5.26 Å². The van der Waals surface area contributed by atoms with Gasteiger partial charge in [-0.05, 0) is 37.3 Å². The van der Waals surface area contributed by atoms with Crippen molar-refractivity contribution in [3.05, 3.63) is 59.4 Å². The van der Waals surface area contributed by atoms with Crippen LogP contribution in [0.15, 0.2) is 47.4 Å². The summed E-state index contributed by atoms with van der Waals surface area (Å²) in [6, 6.07) is 11.4. The molecule has 6 heteroatoms. The zero-order chi connectivity index (χ0) is 14.8. The van der Waals surface area contributed by atoms with Crippen LogP contribution in [0.3, 0.4) is 0 Å². The maximum atomic E-state index is 13.2. The van der Waals surface area contributed by atoms with E-state index in [-0.39, 0.29) is 16.1 Å². The van der Waals surface area contributed by atoms with Gasteiger partial charge < -0.3 is 0 Å². The lowest BCUT2D eigenvalue weighted by molar-refractivity contribution is 0.601. The van der Waals surface area contributed by atoms with Crippen molar-refractivity contribution in [3.8, 4) is 6.07 Å². The monoisotopic (exact) mass is 290 g/mol. The van der Waals surface area contributed by atoms with E-state index in [2.05, 4.69) is 4.72 Å². The maximum Gasteiger partial charge on any atom is 0.261 e. The van der Waals surface area contributed by atoms with E-state index in [1.165, 1.54) is 18.2 Å². The molecule has 0 fully saturated rings. The molecule has 2 aromatic rings. The molecule has 0 unspecified atom stereocenters. The Morgan fingerprint density at radius 2 is 1.80 bits per heavy atom. The first-order valence-electron chi connectivity index (χ1n) is 5.71. The molecule has 0 heterocycles. The smallest absolute Gasteiger partial charge is 0.261 e. The molecule has 0 amide bonds. The number of rotatable bonds is 3. The summed E-state index contributed by atoms with van der Waals surface area (Å²) in [5, 5.41) is 8.72. The predicted octanol–water partition coefficient (Wildman–Crippen LogP) is 2.81. The second-order valence-corrected chi connectivity index (χ2v) is 5.91. The van der Waals surface area contributed by atoms with Crippen LogP contribution in [-0.4, -0.2) is 8.42 Å². The van der Waals surface area contributed by atoms with Crippen LogP contribution in [0, 0.1) is 24.1 Å². The predicted molar refractivity (Wildman–Crippen MR) is 73.1 cm³/mol. The maximum absolute atomic E-state index is 13.2. The molecule has 20 heavy (non-hydrogen) atoms. The molecule has 2 rings (SSSR count). The lowest BCUT2D eigenvalue weighted by atomic mass is 10.2. The van der Waals surface area contributed by atoms with Crippen molar-refractivity contribution >= 4 is 15.7 Å². The highest BCUT2D eigenvalue weighted by atomic mass is 32.2. The quantitative estimate of drug-likeness (QED) is 0.945. The fourth-order valence-electron chi connectivity index (χ4n) is 1.61. The van der Waals surface area contributed by atoms with Crippen LogP contribution in [0.2, 0.25) is 0 Å². The summed E-state index contributed by atoms with van der Waals surface area (Å²) in [6.07, 6.45) is 0. The third-order valence-electron chi connectivity index (χ3n) is 2.67. The molecule has 0 aliphatic heterocycles.